The zero-order chi connectivity index (χ0) is 20.2. The number of rotatable bonds is 5. The van der Waals surface area contributed by atoms with Crippen molar-refractivity contribution in [1.29, 1.82) is 0 Å². The lowest BCUT2D eigenvalue weighted by molar-refractivity contribution is 0.0927. The molecule has 3 nitrogen and oxygen atoms in total. The lowest BCUT2D eigenvalue weighted by Gasteiger charge is -2.24. The molecule has 1 atom stereocenters. The monoisotopic (exact) mass is 428 g/mol. The third kappa shape index (κ3) is 4.92. The zero-order valence-corrected chi connectivity index (χ0v) is 18.6. The van der Waals surface area contributed by atoms with Crippen LogP contribution in [0.5, 0.6) is 0 Å². The van der Waals surface area contributed by atoms with Crippen molar-refractivity contribution in [3.05, 3.63) is 50.9 Å². The summed E-state index contributed by atoms with van der Waals surface area (Å²) in [5, 5.41) is 4.89. The van der Waals surface area contributed by atoms with Gasteiger partial charge in [-0.1, -0.05) is 56.3 Å². The smallest absolute Gasteiger partial charge is 0.254 e. The van der Waals surface area contributed by atoms with Gasteiger partial charge in [0.05, 0.1) is 5.56 Å². The summed E-state index contributed by atoms with van der Waals surface area (Å²) in [6.07, 6.45) is 12.2. The molecular formula is C24H29ClN2OS. The van der Waals surface area contributed by atoms with Crippen LogP contribution >= 0.6 is 22.9 Å². The molecule has 2 aliphatic rings. The summed E-state index contributed by atoms with van der Waals surface area (Å²) >= 11 is 7.70. The molecule has 1 saturated carbocycles. The van der Waals surface area contributed by atoms with Crippen molar-refractivity contribution in [2.24, 2.45) is 10.9 Å². The van der Waals surface area contributed by atoms with Crippen molar-refractivity contribution >= 4 is 40.1 Å². The maximum Gasteiger partial charge on any atom is 0.254 e. The number of fused-ring (bicyclic) bond motifs is 1. The zero-order valence-electron chi connectivity index (χ0n) is 17.0. The molecule has 1 N–H and O–H groups in total. The number of benzene rings is 1. The highest BCUT2D eigenvalue weighted by Gasteiger charge is 2.29. The summed E-state index contributed by atoms with van der Waals surface area (Å²) in [6.45, 7) is 2.26. The van der Waals surface area contributed by atoms with E-state index in [4.69, 9.17) is 16.6 Å². The van der Waals surface area contributed by atoms with E-state index in [1.165, 1.54) is 42.5 Å². The first-order valence-electron chi connectivity index (χ1n) is 10.9. The fourth-order valence-electron chi connectivity index (χ4n) is 4.50. The average molecular weight is 429 g/mol. The number of amides is 1. The standard InChI is InChI=1S/C24H29ClN2OS/c1-2-16-10-13-20-21(14-16)29-24(26-15-17-8-11-18(25)12-9-17)22(20)23(28)27-19-6-4-3-5-7-19/h8-9,11-12,15-16,19H,2-7,10,13-14H2,1H3,(H,27,28)/b26-15+. The summed E-state index contributed by atoms with van der Waals surface area (Å²) in [5.41, 5.74) is 3.07. The number of carbonyl (C=O) groups excluding carboxylic acids is 1. The third-order valence-electron chi connectivity index (χ3n) is 6.29. The Balaban J connectivity index is 1.62. The van der Waals surface area contributed by atoms with Crippen LogP contribution in [0, 0.1) is 5.92 Å². The highest BCUT2D eigenvalue weighted by Crippen LogP contribution is 2.42. The number of carbonyl (C=O) groups is 1. The second kappa shape index (κ2) is 9.44. The topological polar surface area (TPSA) is 41.5 Å². The van der Waals surface area contributed by atoms with Crippen LogP contribution in [0.15, 0.2) is 29.3 Å². The Hall–Kier alpha value is -1.65. The van der Waals surface area contributed by atoms with Gasteiger partial charge in [-0.2, -0.15) is 0 Å². The van der Waals surface area contributed by atoms with Crippen LogP contribution < -0.4 is 5.32 Å². The van der Waals surface area contributed by atoms with Crippen LogP contribution in [0.25, 0.3) is 0 Å². The van der Waals surface area contributed by atoms with Gasteiger partial charge in [-0.05, 0) is 61.3 Å². The molecule has 0 bridgehead atoms. The number of hydrogen-bond donors (Lipinski definition) is 1. The molecule has 0 radical (unpaired) electrons. The summed E-state index contributed by atoms with van der Waals surface area (Å²) in [6, 6.07) is 7.95. The van der Waals surface area contributed by atoms with E-state index >= 15 is 0 Å². The highest BCUT2D eigenvalue weighted by atomic mass is 35.5. The molecule has 1 heterocycles. The van der Waals surface area contributed by atoms with Gasteiger partial charge in [0.1, 0.15) is 5.00 Å². The summed E-state index contributed by atoms with van der Waals surface area (Å²) in [5.74, 6) is 0.802. The van der Waals surface area contributed by atoms with Crippen molar-refractivity contribution in [2.45, 2.75) is 70.8 Å². The number of aliphatic imine (C=N–C) groups is 1. The van der Waals surface area contributed by atoms with Gasteiger partial charge in [-0.25, -0.2) is 4.99 Å². The van der Waals surface area contributed by atoms with E-state index in [1.807, 2.05) is 30.5 Å². The maximum atomic E-state index is 13.3. The van der Waals surface area contributed by atoms with E-state index < -0.39 is 0 Å². The molecule has 1 amide bonds. The molecule has 2 aliphatic carbocycles. The lowest BCUT2D eigenvalue weighted by Crippen LogP contribution is -2.36. The van der Waals surface area contributed by atoms with Crippen LogP contribution in [-0.4, -0.2) is 18.2 Å². The first-order chi connectivity index (χ1) is 14.1. The first kappa shape index (κ1) is 20.6. The Morgan fingerprint density at radius 2 is 1.97 bits per heavy atom. The van der Waals surface area contributed by atoms with E-state index in [1.54, 1.807) is 11.3 Å². The van der Waals surface area contributed by atoms with Crippen molar-refractivity contribution in [1.82, 2.24) is 5.32 Å². The Labute approximate surface area is 182 Å². The quantitative estimate of drug-likeness (QED) is 0.527. The van der Waals surface area contributed by atoms with Gasteiger partial charge in [0.25, 0.3) is 5.91 Å². The van der Waals surface area contributed by atoms with E-state index in [9.17, 15) is 4.79 Å². The number of hydrogen-bond acceptors (Lipinski definition) is 3. The predicted molar refractivity (Wildman–Crippen MR) is 123 cm³/mol. The van der Waals surface area contributed by atoms with Crippen LogP contribution in [0.2, 0.25) is 5.02 Å². The average Bonchev–Trinajstić information content (AvgIpc) is 3.11. The van der Waals surface area contributed by atoms with Gasteiger partial charge in [0.15, 0.2) is 0 Å². The molecule has 4 rings (SSSR count). The molecule has 29 heavy (non-hydrogen) atoms. The Kier molecular flexibility index (Phi) is 6.71. The van der Waals surface area contributed by atoms with Crippen LogP contribution in [-0.2, 0) is 12.8 Å². The van der Waals surface area contributed by atoms with Gasteiger partial charge >= 0.3 is 0 Å². The molecular weight excluding hydrogens is 400 g/mol. The molecule has 5 heteroatoms. The fourth-order valence-corrected chi connectivity index (χ4v) is 5.93. The Morgan fingerprint density at radius 1 is 1.21 bits per heavy atom. The third-order valence-corrected chi connectivity index (χ3v) is 7.71. The molecule has 1 fully saturated rings. The number of nitrogens with one attached hydrogen (secondary N) is 1. The van der Waals surface area contributed by atoms with Gasteiger partial charge < -0.3 is 5.32 Å². The van der Waals surface area contributed by atoms with Gasteiger partial charge in [-0.3, -0.25) is 4.79 Å². The molecule has 0 aliphatic heterocycles. The number of thiophene rings is 1. The minimum Gasteiger partial charge on any atom is -0.349 e. The van der Waals surface area contributed by atoms with E-state index in [0.29, 0.717) is 11.1 Å². The van der Waals surface area contributed by atoms with E-state index in [0.717, 1.165) is 47.7 Å². The second-order valence-electron chi connectivity index (χ2n) is 8.32. The Bertz CT molecular complexity index is 881. The number of halogens is 1. The van der Waals surface area contributed by atoms with E-state index in [2.05, 4.69) is 12.2 Å². The largest absolute Gasteiger partial charge is 0.349 e. The van der Waals surface area contributed by atoms with Crippen molar-refractivity contribution in [3.8, 4) is 0 Å². The fraction of sp³-hybridized carbons (Fsp3) is 0.500. The predicted octanol–water partition coefficient (Wildman–Crippen LogP) is 6.73. The summed E-state index contributed by atoms with van der Waals surface area (Å²) in [7, 11) is 0. The van der Waals surface area contributed by atoms with E-state index in [-0.39, 0.29) is 5.91 Å². The summed E-state index contributed by atoms with van der Waals surface area (Å²) in [4.78, 5) is 19.4. The SMILES string of the molecule is CCC1CCc2c(sc(/N=C/c3ccc(Cl)cc3)c2C(=O)NC2CCCCC2)C1. The molecule has 0 saturated heterocycles. The second-order valence-corrected chi connectivity index (χ2v) is 9.84. The van der Waals surface area contributed by atoms with Gasteiger partial charge in [0, 0.05) is 22.2 Å². The van der Waals surface area contributed by atoms with Crippen LogP contribution in [0.1, 0.15) is 78.2 Å². The lowest BCUT2D eigenvalue weighted by atomic mass is 9.85. The first-order valence-corrected chi connectivity index (χ1v) is 12.1. The van der Waals surface area contributed by atoms with Crippen molar-refractivity contribution in [3.63, 3.8) is 0 Å². The molecule has 2 aromatic rings. The van der Waals surface area contributed by atoms with Gasteiger partial charge in [-0.15, -0.1) is 11.3 Å². The van der Waals surface area contributed by atoms with Crippen LogP contribution in [0.4, 0.5) is 5.00 Å². The number of nitrogens with zero attached hydrogens (tertiary/aromatic N) is 1. The normalized spacial score (nSPS) is 20.0. The molecule has 1 aromatic heterocycles. The maximum absolute atomic E-state index is 13.3. The van der Waals surface area contributed by atoms with Crippen LogP contribution in [0.3, 0.4) is 0 Å². The Morgan fingerprint density at radius 3 is 2.69 bits per heavy atom. The molecule has 1 aromatic carbocycles. The molecule has 1 unspecified atom stereocenters. The van der Waals surface area contributed by atoms with Gasteiger partial charge in [0.2, 0.25) is 0 Å². The summed E-state index contributed by atoms with van der Waals surface area (Å²) < 4.78 is 0. The minimum atomic E-state index is 0.0765. The highest BCUT2D eigenvalue weighted by molar-refractivity contribution is 7.16. The molecule has 154 valence electrons. The minimum absolute atomic E-state index is 0.0765. The van der Waals surface area contributed by atoms with Crippen molar-refractivity contribution < 1.29 is 4.79 Å². The van der Waals surface area contributed by atoms with Crippen molar-refractivity contribution in [2.75, 3.05) is 0 Å². The molecule has 0 spiro atoms.